The summed E-state index contributed by atoms with van der Waals surface area (Å²) < 4.78 is 8.17. The molecular formula is C24H20N4O. The molecule has 0 atom stereocenters. The number of hydrogen-bond donors (Lipinski definition) is 0. The monoisotopic (exact) mass is 380 g/mol. The topological polar surface area (TPSA) is 52.8 Å². The molecule has 1 aromatic carbocycles. The van der Waals surface area contributed by atoms with E-state index >= 15 is 0 Å². The van der Waals surface area contributed by atoms with Crippen molar-refractivity contribution in [3.63, 3.8) is 0 Å². The van der Waals surface area contributed by atoms with Crippen LogP contribution in [0.1, 0.15) is 5.56 Å². The molecule has 0 unspecified atom stereocenters. The van der Waals surface area contributed by atoms with Crippen molar-refractivity contribution in [1.29, 1.82) is 0 Å². The Morgan fingerprint density at radius 1 is 0.897 bits per heavy atom. The first kappa shape index (κ1) is 17.4. The summed E-state index contributed by atoms with van der Waals surface area (Å²) in [4.78, 5) is 13.2. The summed E-state index contributed by atoms with van der Waals surface area (Å²) in [6, 6.07) is 18.5. The van der Waals surface area contributed by atoms with Gasteiger partial charge >= 0.3 is 0 Å². The van der Waals surface area contributed by atoms with Gasteiger partial charge < -0.3 is 9.30 Å². The Balaban J connectivity index is 1.38. The molecule has 5 nitrogen and oxygen atoms in total. The highest BCUT2D eigenvalue weighted by atomic mass is 16.5. The van der Waals surface area contributed by atoms with E-state index in [0.29, 0.717) is 12.5 Å². The fourth-order valence-electron chi connectivity index (χ4n) is 3.73. The highest BCUT2D eigenvalue weighted by Crippen LogP contribution is 2.28. The molecular weight excluding hydrogens is 360 g/mol. The average Bonchev–Trinajstić information content (AvgIpc) is 3.07. The number of aryl methyl sites for hydroxylation is 1. The molecule has 0 radical (unpaired) electrons. The van der Waals surface area contributed by atoms with Crippen LogP contribution in [0, 0.1) is 0 Å². The number of fused-ring (bicyclic) bond motifs is 3. The van der Waals surface area contributed by atoms with Gasteiger partial charge in [-0.1, -0.05) is 18.2 Å². The van der Waals surface area contributed by atoms with Crippen LogP contribution >= 0.6 is 0 Å². The van der Waals surface area contributed by atoms with Crippen LogP contribution in [0.2, 0.25) is 0 Å². The van der Waals surface area contributed by atoms with E-state index in [9.17, 15) is 0 Å². The summed E-state index contributed by atoms with van der Waals surface area (Å²) >= 11 is 0. The molecule has 5 rings (SSSR count). The second-order valence-electron chi connectivity index (χ2n) is 6.98. The zero-order valence-corrected chi connectivity index (χ0v) is 16.1. The molecule has 0 N–H and O–H groups in total. The van der Waals surface area contributed by atoms with E-state index in [4.69, 9.17) is 9.72 Å². The van der Waals surface area contributed by atoms with Gasteiger partial charge in [0.1, 0.15) is 5.65 Å². The molecule has 29 heavy (non-hydrogen) atoms. The molecule has 142 valence electrons. The Bertz CT molecular complexity index is 1290. The molecule has 5 heteroatoms. The van der Waals surface area contributed by atoms with Gasteiger partial charge in [-0.2, -0.15) is 0 Å². The second kappa shape index (κ2) is 7.36. The van der Waals surface area contributed by atoms with E-state index in [1.165, 1.54) is 16.3 Å². The van der Waals surface area contributed by atoms with Crippen molar-refractivity contribution >= 4 is 21.9 Å². The summed E-state index contributed by atoms with van der Waals surface area (Å²) in [7, 11) is 2.06. The average molecular weight is 380 g/mol. The maximum absolute atomic E-state index is 6.04. The number of aromatic nitrogens is 4. The summed E-state index contributed by atoms with van der Waals surface area (Å²) in [6.45, 7) is 0.535. The van der Waals surface area contributed by atoms with Gasteiger partial charge in [0.15, 0.2) is 0 Å². The summed E-state index contributed by atoms with van der Waals surface area (Å²) in [5.41, 5.74) is 5.36. The van der Waals surface area contributed by atoms with Gasteiger partial charge in [-0.25, -0.2) is 9.97 Å². The molecule has 5 aromatic rings. The van der Waals surface area contributed by atoms with Crippen LogP contribution in [-0.4, -0.2) is 26.1 Å². The Morgan fingerprint density at radius 2 is 1.76 bits per heavy atom. The lowest BCUT2D eigenvalue weighted by molar-refractivity contribution is 0.311. The third-order valence-electron chi connectivity index (χ3n) is 5.19. The molecule has 0 spiro atoms. The fraction of sp³-hybridized carbons (Fsp3) is 0.125. The lowest BCUT2D eigenvalue weighted by Crippen LogP contribution is -2.04. The van der Waals surface area contributed by atoms with Crippen LogP contribution in [0.4, 0.5) is 0 Å². The Morgan fingerprint density at radius 3 is 2.66 bits per heavy atom. The van der Waals surface area contributed by atoms with Crippen LogP contribution in [0.5, 0.6) is 5.88 Å². The van der Waals surface area contributed by atoms with Gasteiger partial charge in [-0.05, 0) is 47.5 Å². The van der Waals surface area contributed by atoms with Gasteiger partial charge in [0.25, 0.3) is 0 Å². The maximum atomic E-state index is 6.04. The molecule has 0 bridgehead atoms. The van der Waals surface area contributed by atoms with E-state index in [-0.39, 0.29) is 0 Å². The van der Waals surface area contributed by atoms with Gasteiger partial charge in [0.05, 0.1) is 12.1 Å². The Kier molecular flexibility index (Phi) is 4.41. The summed E-state index contributed by atoms with van der Waals surface area (Å²) in [5, 5.41) is 2.40. The summed E-state index contributed by atoms with van der Waals surface area (Å²) in [6.07, 6.45) is 8.00. The molecule has 0 aliphatic rings. The largest absolute Gasteiger partial charge is 0.477 e. The maximum Gasteiger partial charge on any atom is 0.221 e. The van der Waals surface area contributed by atoms with E-state index < -0.39 is 0 Å². The molecule has 0 aliphatic heterocycles. The zero-order chi connectivity index (χ0) is 19.6. The lowest BCUT2D eigenvalue weighted by Gasteiger charge is -2.10. The molecule has 4 aromatic heterocycles. The van der Waals surface area contributed by atoms with Crippen molar-refractivity contribution in [2.75, 3.05) is 6.61 Å². The lowest BCUT2D eigenvalue weighted by atomic mass is 10.1. The number of pyridine rings is 3. The Labute approximate surface area is 168 Å². The predicted octanol–water partition coefficient (Wildman–Crippen LogP) is 4.81. The Hall–Kier alpha value is -3.73. The smallest absolute Gasteiger partial charge is 0.221 e. The van der Waals surface area contributed by atoms with E-state index in [1.54, 1.807) is 18.6 Å². The van der Waals surface area contributed by atoms with E-state index in [1.807, 2.05) is 30.5 Å². The minimum atomic E-state index is 0.535. The van der Waals surface area contributed by atoms with Crippen LogP contribution in [-0.2, 0) is 13.5 Å². The van der Waals surface area contributed by atoms with Crippen LogP contribution < -0.4 is 4.74 Å². The molecule has 0 aliphatic carbocycles. The summed E-state index contributed by atoms with van der Waals surface area (Å²) in [5.74, 6) is 0.637. The standard InChI is InChI=1S/C24H20N4O/c1-28-22-7-3-2-5-20(22)21-15-17(16-27-23(21)28)10-14-29-24-19(6-4-11-26-24)18-8-12-25-13-9-18/h2-9,11-13,15-16H,10,14H2,1H3. The molecule has 0 amide bonds. The zero-order valence-electron chi connectivity index (χ0n) is 16.1. The van der Waals surface area contributed by atoms with Crippen LogP contribution in [0.25, 0.3) is 33.1 Å². The van der Waals surface area contributed by atoms with Gasteiger partial charge in [-0.15, -0.1) is 0 Å². The highest BCUT2D eigenvalue weighted by molar-refractivity contribution is 6.06. The van der Waals surface area contributed by atoms with Crippen LogP contribution in [0.3, 0.4) is 0 Å². The molecule has 4 heterocycles. The first-order chi connectivity index (χ1) is 14.3. The second-order valence-corrected chi connectivity index (χ2v) is 6.98. The number of rotatable bonds is 5. The fourth-order valence-corrected chi connectivity index (χ4v) is 3.73. The number of para-hydroxylation sites is 1. The van der Waals surface area contributed by atoms with Gasteiger partial charge in [0.2, 0.25) is 5.88 Å². The number of benzene rings is 1. The number of nitrogens with zero attached hydrogens (tertiary/aromatic N) is 4. The highest BCUT2D eigenvalue weighted by Gasteiger charge is 2.10. The van der Waals surface area contributed by atoms with Crippen molar-refractivity contribution in [3.05, 3.63) is 84.9 Å². The minimum absolute atomic E-state index is 0.535. The van der Waals surface area contributed by atoms with Gasteiger partial charge in [-0.3, -0.25) is 4.98 Å². The first-order valence-electron chi connectivity index (χ1n) is 9.61. The van der Waals surface area contributed by atoms with Crippen molar-refractivity contribution in [2.45, 2.75) is 6.42 Å². The van der Waals surface area contributed by atoms with E-state index in [0.717, 1.165) is 28.8 Å². The third-order valence-corrected chi connectivity index (χ3v) is 5.19. The minimum Gasteiger partial charge on any atom is -0.477 e. The van der Waals surface area contributed by atoms with Crippen LogP contribution in [0.15, 0.2) is 79.4 Å². The van der Waals surface area contributed by atoms with Crippen molar-refractivity contribution < 1.29 is 4.74 Å². The molecule has 0 fully saturated rings. The number of ether oxygens (including phenoxy) is 1. The third kappa shape index (κ3) is 3.21. The van der Waals surface area contributed by atoms with E-state index in [2.05, 4.69) is 51.9 Å². The quantitative estimate of drug-likeness (QED) is 0.439. The number of hydrogen-bond acceptors (Lipinski definition) is 4. The molecule has 0 saturated heterocycles. The predicted molar refractivity (Wildman–Crippen MR) is 115 cm³/mol. The molecule has 0 saturated carbocycles. The first-order valence-corrected chi connectivity index (χ1v) is 9.61. The van der Waals surface area contributed by atoms with Crippen molar-refractivity contribution in [1.82, 2.24) is 19.5 Å². The normalized spacial score (nSPS) is 11.2. The van der Waals surface area contributed by atoms with Crippen molar-refractivity contribution in [2.24, 2.45) is 7.05 Å². The van der Waals surface area contributed by atoms with Gasteiger partial charge in [0, 0.05) is 54.6 Å². The van der Waals surface area contributed by atoms with Crippen molar-refractivity contribution in [3.8, 4) is 17.0 Å². The SMILES string of the molecule is Cn1c2ccccc2c2cc(CCOc3ncccc3-c3ccncc3)cnc21.